The lowest BCUT2D eigenvalue weighted by Gasteiger charge is -2.07. The van der Waals surface area contributed by atoms with Gasteiger partial charge >= 0.3 is 6.18 Å². The molecule has 0 aliphatic rings. The molecule has 20 heavy (non-hydrogen) atoms. The number of hydrogen-bond donors (Lipinski definition) is 0. The van der Waals surface area contributed by atoms with Crippen molar-refractivity contribution in [2.45, 2.75) is 19.5 Å². The standard InChI is InChI=1S/C14H13F3N2O/c1-3-12-11(8-19(2)18-12)13(20)9-4-6-10(7-5-9)14(15,16)17/h4-8H,3H2,1-2H3. The number of aromatic nitrogens is 2. The van der Waals surface area contributed by atoms with Gasteiger partial charge in [0.1, 0.15) is 0 Å². The average Bonchev–Trinajstić information content (AvgIpc) is 2.78. The first-order valence-corrected chi connectivity index (χ1v) is 6.07. The Hall–Kier alpha value is -2.11. The van der Waals surface area contributed by atoms with Gasteiger partial charge in [-0.15, -0.1) is 0 Å². The van der Waals surface area contributed by atoms with Crippen LogP contribution >= 0.6 is 0 Å². The van der Waals surface area contributed by atoms with Gasteiger partial charge in [-0.3, -0.25) is 9.48 Å². The summed E-state index contributed by atoms with van der Waals surface area (Å²) in [7, 11) is 1.70. The second-order valence-corrected chi connectivity index (χ2v) is 4.42. The van der Waals surface area contributed by atoms with Crippen molar-refractivity contribution in [3.63, 3.8) is 0 Å². The average molecular weight is 282 g/mol. The minimum absolute atomic E-state index is 0.223. The van der Waals surface area contributed by atoms with Gasteiger partial charge in [-0.05, 0) is 18.6 Å². The highest BCUT2D eigenvalue weighted by Crippen LogP contribution is 2.29. The number of halogens is 3. The lowest BCUT2D eigenvalue weighted by Crippen LogP contribution is -2.07. The minimum atomic E-state index is -4.40. The van der Waals surface area contributed by atoms with E-state index in [1.807, 2.05) is 6.92 Å². The molecule has 0 atom stereocenters. The van der Waals surface area contributed by atoms with Gasteiger partial charge < -0.3 is 0 Å². The van der Waals surface area contributed by atoms with E-state index in [0.717, 1.165) is 12.1 Å². The molecular weight excluding hydrogens is 269 g/mol. The molecule has 1 heterocycles. The predicted octanol–water partition coefficient (Wildman–Crippen LogP) is 3.23. The third-order valence-electron chi connectivity index (χ3n) is 2.96. The normalized spacial score (nSPS) is 11.7. The molecule has 2 rings (SSSR count). The number of ketones is 1. The summed E-state index contributed by atoms with van der Waals surface area (Å²) in [4.78, 5) is 12.3. The van der Waals surface area contributed by atoms with E-state index >= 15 is 0 Å². The van der Waals surface area contributed by atoms with Crippen molar-refractivity contribution in [3.05, 3.63) is 52.8 Å². The number of carbonyl (C=O) groups excluding carboxylic acids is 1. The third-order valence-corrected chi connectivity index (χ3v) is 2.96. The van der Waals surface area contributed by atoms with Crippen LogP contribution in [0.15, 0.2) is 30.5 Å². The van der Waals surface area contributed by atoms with Crippen LogP contribution in [0.25, 0.3) is 0 Å². The number of alkyl halides is 3. The lowest BCUT2D eigenvalue weighted by atomic mass is 10.0. The molecule has 106 valence electrons. The maximum atomic E-state index is 12.5. The SMILES string of the molecule is CCc1nn(C)cc1C(=O)c1ccc(C(F)(F)F)cc1. The van der Waals surface area contributed by atoms with Gasteiger partial charge in [-0.25, -0.2) is 0 Å². The van der Waals surface area contributed by atoms with Gasteiger partial charge in [0.25, 0.3) is 0 Å². The summed E-state index contributed by atoms with van der Waals surface area (Å²) in [6, 6.07) is 4.21. The Bertz CT molecular complexity index is 627. The maximum Gasteiger partial charge on any atom is 0.416 e. The van der Waals surface area contributed by atoms with Crippen LogP contribution < -0.4 is 0 Å². The van der Waals surface area contributed by atoms with E-state index in [0.29, 0.717) is 17.7 Å². The van der Waals surface area contributed by atoms with Crippen molar-refractivity contribution < 1.29 is 18.0 Å². The second kappa shape index (κ2) is 5.11. The molecule has 0 aliphatic heterocycles. The van der Waals surface area contributed by atoms with Crippen LogP contribution in [0.5, 0.6) is 0 Å². The monoisotopic (exact) mass is 282 g/mol. The number of rotatable bonds is 3. The fraction of sp³-hybridized carbons (Fsp3) is 0.286. The van der Waals surface area contributed by atoms with Crippen LogP contribution in [-0.2, 0) is 19.6 Å². The Morgan fingerprint density at radius 3 is 2.35 bits per heavy atom. The summed E-state index contributed by atoms with van der Waals surface area (Å²) in [6.45, 7) is 1.87. The first-order chi connectivity index (χ1) is 9.32. The topological polar surface area (TPSA) is 34.9 Å². The van der Waals surface area contributed by atoms with E-state index in [1.165, 1.54) is 16.8 Å². The Morgan fingerprint density at radius 2 is 1.85 bits per heavy atom. The maximum absolute atomic E-state index is 12.5. The van der Waals surface area contributed by atoms with Gasteiger partial charge in [0.05, 0.1) is 16.8 Å². The summed E-state index contributed by atoms with van der Waals surface area (Å²) in [5.74, 6) is -0.316. The molecule has 0 saturated carbocycles. The van der Waals surface area contributed by atoms with Crippen molar-refractivity contribution in [1.82, 2.24) is 9.78 Å². The van der Waals surface area contributed by atoms with E-state index in [4.69, 9.17) is 0 Å². The van der Waals surface area contributed by atoms with Crippen molar-refractivity contribution in [2.24, 2.45) is 7.05 Å². The molecule has 0 radical (unpaired) electrons. The van der Waals surface area contributed by atoms with Crippen molar-refractivity contribution in [3.8, 4) is 0 Å². The summed E-state index contributed by atoms with van der Waals surface area (Å²) in [5.41, 5.74) is 0.517. The number of aryl methyl sites for hydroxylation is 2. The highest BCUT2D eigenvalue weighted by Gasteiger charge is 2.30. The van der Waals surface area contributed by atoms with Gasteiger partial charge in [0.15, 0.2) is 5.78 Å². The zero-order chi connectivity index (χ0) is 14.9. The molecule has 0 amide bonds. The number of carbonyl (C=O) groups is 1. The third kappa shape index (κ3) is 2.74. The molecular formula is C14H13F3N2O. The van der Waals surface area contributed by atoms with Crippen LogP contribution in [0.4, 0.5) is 13.2 Å². The highest BCUT2D eigenvalue weighted by atomic mass is 19.4. The summed E-state index contributed by atoms with van der Waals surface area (Å²) >= 11 is 0. The lowest BCUT2D eigenvalue weighted by molar-refractivity contribution is -0.137. The fourth-order valence-corrected chi connectivity index (χ4v) is 1.95. The zero-order valence-corrected chi connectivity index (χ0v) is 11.0. The molecule has 0 spiro atoms. The van der Waals surface area contributed by atoms with Crippen LogP contribution in [-0.4, -0.2) is 15.6 Å². The summed E-state index contributed by atoms with van der Waals surface area (Å²) in [5, 5.41) is 4.15. The molecule has 0 bridgehead atoms. The van der Waals surface area contributed by atoms with Crippen molar-refractivity contribution in [1.29, 1.82) is 0 Å². The van der Waals surface area contributed by atoms with Gasteiger partial charge in [-0.2, -0.15) is 18.3 Å². The van der Waals surface area contributed by atoms with Crippen molar-refractivity contribution >= 4 is 5.78 Å². The largest absolute Gasteiger partial charge is 0.416 e. The Kier molecular flexibility index (Phi) is 3.65. The van der Waals surface area contributed by atoms with Gasteiger partial charge in [0, 0.05) is 18.8 Å². The van der Waals surface area contributed by atoms with E-state index in [2.05, 4.69) is 5.10 Å². The molecule has 0 N–H and O–H groups in total. The minimum Gasteiger partial charge on any atom is -0.288 e. The smallest absolute Gasteiger partial charge is 0.288 e. The van der Waals surface area contributed by atoms with Crippen molar-refractivity contribution in [2.75, 3.05) is 0 Å². The zero-order valence-electron chi connectivity index (χ0n) is 11.0. The summed E-state index contributed by atoms with van der Waals surface area (Å²) in [6.07, 6.45) is -2.23. The Morgan fingerprint density at radius 1 is 1.25 bits per heavy atom. The van der Waals surface area contributed by atoms with E-state index in [-0.39, 0.29) is 11.3 Å². The molecule has 0 aliphatic carbocycles. The van der Waals surface area contributed by atoms with Gasteiger partial charge in [0.2, 0.25) is 0 Å². The Balaban J connectivity index is 2.34. The predicted molar refractivity (Wildman–Crippen MR) is 67.5 cm³/mol. The first-order valence-electron chi connectivity index (χ1n) is 6.07. The molecule has 2 aromatic rings. The van der Waals surface area contributed by atoms with E-state index in [1.54, 1.807) is 13.2 Å². The van der Waals surface area contributed by atoms with Crippen LogP contribution in [0, 0.1) is 0 Å². The van der Waals surface area contributed by atoms with Crippen LogP contribution in [0.3, 0.4) is 0 Å². The number of hydrogen-bond acceptors (Lipinski definition) is 2. The molecule has 0 fully saturated rings. The Labute approximate surface area is 114 Å². The molecule has 0 unspecified atom stereocenters. The molecule has 0 saturated heterocycles. The van der Waals surface area contributed by atoms with E-state index < -0.39 is 11.7 Å². The van der Waals surface area contributed by atoms with E-state index in [9.17, 15) is 18.0 Å². The molecule has 6 heteroatoms. The number of nitrogens with zero attached hydrogens (tertiary/aromatic N) is 2. The molecule has 1 aromatic heterocycles. The number of benzene rings is 1. The highest BCUT2D eigenvalue weighted by molar-refractivity contribution is 6.09. The molecule has 3 nitrogen and oxygen atoms in total. The van der Waals surface area contributed by atoms with Gasteiger partial charge in [-0.1, -0.05) is 19.1 Å². The quantitative estimate of drug-likeness (QED) is 0.810. The van der Waals surface area contributed by atoms with Crippen LogP contribution in [0.1, 0.15) is 34.1 Å². The van der Waals surface area contributed by atoms with Crippen LogP contribution in [0.2, 0.25) is 0 Å². The fourth-order valence-electron chi connectivity index (χ4n) is 1.95. The first kappa shape index (κ1) is 14.3. The molecule has 1 aromatic carbocycles. The summed E-state index contributed by atoms with van der Waals surface area (Å²) < 4.78 is 38.9. The second-order valence-electron chi connectivity index (χ2n) is 4.42.